The fourth-order valence-corrected chi connectivity index (χ4v) is 4.05. The van der Waals surface area contributed by atoms with E-state index in [4.69, 9.17) is 8.83 Å². The van der Waals surface area contributed by atoms with Crippen LogP contribution in [-0.2, 0) is 4.79 Å². The van der Waals surface area contributed by atoms with Gasteiger partial charge in [0.25, 0.3) is 5.89 Å². The highest BCUT2D eigenvalue weighted by atomic mass is 16.4. The molecule has 6 nitrogen and oxygen atoms in total. The number of piperidine rings is 1. The van der Waals surface area contributed by atoms with E-state index in [1.165, 1.54) is 32.1 Å². The van der Waals surface area contributed by atoms with Gasteiger partial charge >= 0.3 is 0 Å². The van der Waals surface area contributed by atoms with Crippen LogP contribution in [0.3, 0.4) is 0 Å². The lowest BCUT2D eigenvalue weighted by atomic mass is 9.86. The average Bonchev–Trinajstić information content (AvgIpc) is 3.34. The first-order valence-corrected chi connectivity index (χ1v) is 9.43. The molecule has 2 fully saturated rings. The fourth-order valence-electron chi connectivity index (χ4n) is 4.05. The van der Waals surface area contributed by atoms with Gasteiger partial charge in [0.15, 0.2) is 0 Å². The molecule has 1 saturated heterocycles. The SMILES string of the molecule is O=C(CC1CCCCC1)N1CCC(c2nnc(-c3ccoc3)o2)CC1. The van der Waals surface area contributed by atoms with Crippen molar-refractivity contribution in [2.24, 2.45) is 5.92 Å². The highest BCUT2D eigenvalue weighted by Gasteiger charge is 2.28. The number of amides is 1. The molecular formula is C19H25N3O3. The Morgan fingerprint density at radius 3 is 2.64 bits per heavy atom. The number of furan rings is 1. The summed E-state index contributed by atoms with van der Waals surface area (Å²) in [6.45, 7) is 1.58. The quantitative estimate of drug-likeness (QED) is 0.839. The topological polar surface area (TPSA) is 72.4 Å². The lowest BCUT2D eigenvalue weighted by Gasteiger charge is -2.32. The van der Waals surface area contributed by atoms with E-state index in [9.17, 15) is 4.79 Å². The van der Waals surface area contributed by atoms with E-state index in [1.807, 2.05) is 11.0 Å². The molecule has 2 aliphatic rings. The van der Waals surface area contributed by atoms with Crippen molar-refractivity contribution in [3.05, 3.63) is 24.5 Å². The predicted octanol–water partition coefficient (Wildman–Crippen LogP) is 4.01. The zero-order valence-electron chi connectivity index (χ0n) is 14.5. The summed E-state index contributed by atoms with van der Waals surface area (Å²) in [5, 5.41) is 8.31. The summed E-state index contributed by atoms with van der Waals surface area (Å²) in [5.41, 5.74) is 0.804. The van der Waals surface area contributed by atoms with Crippen LogP contribution in [0.5, 0.6) is 0 Å². The maximum Gasteiger partial charge on any atom is 0.250 e. The van der Waals surface area contributed by atoms with Crippen LogP contribution in [0.1, 0.15) is 63.2 Å². The Hall–Kier alpha value is -2.11. The molecule has 0 radical (unpaired) electrons. The molecule has 6 heteroatoms. The van der Waals surface area contributed by atoms with Crippen LogP contribution in [0.4, 0.5) is 0 Å². The Morgan fingerprint density at radius 1 is 1.12 bits per heavy atom. The highest BCUT2D eigenvalue weighted by Crippen LogP contribution is 2.31. The molecule has 1 amide bonds. The van der Waals surface area contributed by atoms with Crippen molar-refractivity contribution >= 4 is 5.91 Å². The third-order valence-corrected chi connectivity index (χ3v) is 5.59. The number of carbonyl (C=O) groups is 1. The summed E-state index contributed by atoms with van der Waals surface area (Å²) >= 11 is 0. The molecule has 0 spiro atoms. The van der Waals surface area contributed by atoms with Crippen LogP contribution in [0.25, 0.3) is 11.5 Å². The van der Waals surface area contributed by atoms with Gasteiger partial charge < -0.3 is 13.7 Å². The predicted molar refractivity (Wildman–Crippen MR) is 91.7 cm³/mol. The lowest BCUT2D eigenvalue weighted by Crippen LogP contribution is -2.38. The van der Waals surface area contributed by atoms with Crippen molar-refractivity contribution in [3.8, 4) is 11.5 Å². The van der Waals surface area contributed by atoms with Crippen molar-refractivity contribution in [1.29, 1.82) is 0 Å². The fraction of sp³-hybridized carbons (Fsp3) is 0.632. The molecule has 0 bridgehead atoms. The van der Waals surface area contributed by atoms with Crippen molar-refractivity contribution in [2.45, 2.75) is 57.3 Å². The van der Waals surface area contributed by atoms with Gasteiger partial charge in [-0.2, -0.15) is 0 Å². The molecular weight excluding hydrogens is 318 g/mol. The van der Waals surface area contributed by atoms with Crippen LogP contribution < -0.4 is 0 Å². The maximum atomic E-state index is 12.5. The zero-order chi connectivity index (χ0) is 17.1. The average molecular weight is 343 g/mol. The smallest absolute Gasteiger partial charge is 0.250 e. The number of hydrogen-bond acceptors (Lipinski definition) is 5. The molecule has 0 aromatic carbocycles. The van der Waals surface area contributed by atoms with Gasteiger partial charge in [0.2, 0.25) is 11.8 Å². The summed E-state index contributed by atoms with van der Waals surface area (Å²) in [7, 11) is 0. The third kappa shape index (κ3) is 3.78. The molecule has 25 heavy (non-hydrogen) atoms. The summed E-state index contributed by atoms with van der Waals surface area (Å²) in [6, 6.07) is 1.81. The van der Waals surface area contributed by atoms with Gasteiger partial charge in [0, 0.05) is 25.4 Å². The van der Waals surface area contributed by atoms with E-state index in [0.717, 1.165) is 37.9 Å². The Balaban J connectivity index is 1.30. The second-order valence-electron chi connectivity index (χ2n) is 7.32. The van der Waals surface area contributed by atoms with E-state index in [-0.39, 0.29) is 5.92 Å². The van der Waals surface area contributed by atoms with Crippen LogP contribution >= 0.6 is 0 Å². The van der Waals surface area contributed by atoms with E-state index in [2.05, 4.69) is 10.2 Å². The Bertz CT molecular complexity index is 681. The van der Waals surface area contributed by atoms with Gasteiger partial charge in [0.1, 0.15) is 6.26 Å². The lowest BCUT2D eigenvalue weighted by molar-refractivity contribution is -0.133. The Morgan fingerprint density at radius 2 is 1.92 bits per heavy atom. The van der Waals surface area contributed by atoms with Crippen molar-refractivity contribution in [2.75, 3.05) is 13.1 Å². The first-order valence-electron chi connectivity index (χ1n) is 9.43. The van der Waals surface area contributed by atoms with Gasteiger partial charge in [0.05, 0.1) is 11.8 Å². The third-order valence-electron chi connectivity index (χ3n) is 5.59. The van der Waals surface area contributed by atoms with Gasteiger partial charge in [-0.25, -0.2) is 0 Å². The van der Waals surface area contributed by atoms with Gasteiger partial charge in [-0.3, -0.25) is 4.79 Å². The molecule has 2 aromatic heterocycles. The zero-order valence-corrected chi connectivity index (χ0v) is 14.5. The van der Waals surface area contributed by atoms with Crippen LogP contribution in [0.2, 0.25) is 0 Å². The van der Waals surface area contributed by atoms with Crippen molar-refractivity contribution < 1.29 is 13.6 Å². The Labute approximate surface area is 147 Å². The van der Waals surface area contributed by atoms with Gasteiger partial charge in [-0.1, -0.05) is 19.3 Å². The molecule has 1 aliphatic carbocycles. The molecule has 3 heterocycles. The van der Waals surface area contributed by atoms with E-state index < -0.39 is 0 Å². The number of hydrogen-bond donors (Lipinski definition) is 0. The summed E-state index contributed by atoms with van der Waals surface area (Å²) in [5.74, 6) is 2.35. The minimum Gasteiger partial charge on any atom is -0.472 e. The molecule has 0 unspecified atom stereocenters. The maximum absolute atomic E-state index is 12.5. The largest absolute Gasteiger partial charge is 0.472 e. The molecule has 0 atom stereocenters. The minimum atomic E-state index is 0.242. The highest BCUT2D eigenvalue weighted by molar-refractivity contribution is 5.76. The number of likely N-dealkylation sites (tertiary alicyclic amines) is 1. The molecule has 134 valence electrons. The number of nitrogens with zero attached hydrogens (tertiary/aromatic N) is 3. The van der Waals surface area contributed by atoms with Gasteiger partial charge in [-0.15, -0.1) is 10.2 Å². The number of carbonyl (C=O) groups excluding carboxylic acids is 1. The second kappa shape index (κ2) is 7.42. The standard InChI is InChI=1S/C19H25N3O3/c23-17(12-14-4-2-1-3-5-14)22-9-6-15(7-10-22)18-20-21-19(25-18)16-8-11-24-13-16/h8,11,13-15H,1-7,9-10,12H2. The van der Waals surface area contributed by atoms with E-state index >= 15 is 0 Å². The van der Waals surface area contributed by atoms with E-state index in [1.54, 1.807) is 12.5 Å². The summed E-state index contributed by atoms with van der Waals surface area (Å²) in [6.07, 6.45) is 12.1. The minimum absolute atomic E-state index is 0.242. The van der Waals surface area contributed by atoms with Gasteiger partial charge in [-0.05, 0) is 37.7 Å². The number of rotatable bonds is 4. The molecule has 1 saturated carbocycles. The monoisotopic (exact) mass is 343 g/mol. The van der Waals surface area contributed by atoms with E-state index in [0.29, 0.717) is 23.6 Å². The van der Waals surface area contributed by atoms with Crippen molar-refractivity contribution in [1.82, 2.24) is 15.1 Å². The molecule has 2 aromatic rings. The second-order valence-corrected chi connectivity index (χ2v) is 7.32. The van der Waals surface area contributed by atoms with Crippen LogP contribution in [0, 0.1) is 5.92 Å². The normalized spacial score (nSPS) is 20.1. The van der Waals surface area contributed by atoms with Crippen LogP contribution in [0.15, 0.2) is 27.4 Å². The first-order chi connectivity index (χ1) is 12.3. The summed E-state index contributed by atoms with van der Waals surface area (Å²) < 4.78 is 10.9. The summed E-state index contributed by atoms with van der Waals surface area (Å²) in [4.78, 5) is 14.6. The van der Waals surface area contributed by atoms with Crippen LogP contribution in [-0.4, -0.2) is 34.1 Å². The molecule has 0 N–H and O–H groups in total. The number of aromatic nitrogens is 2. The molecule has 4 rings (SSSR count). The van der Waals surface area contributed by atoms with Crippen molar-refractivity contribution in [3.63, 3.8) is 0 Å². The first kappa shape index (κ1) is 16.4. The Kier molecular flexibility index (Phi) is 4.85. The molecule has 1 aliphatic heterocycles.